The number of carbonyl (C=O) groups excluding carboxylic acids is 2. The highest BCUT2D eigenvalue weighted by molar-refractivity contribution is 8.03. The minimum Gasteiger partial charge on any atom is -0.465 e. The fourth-order valence-electron chi connectivity index (χ4n) is 0.942. The summed E-state index contributed by atoms with van der Waals surface area (Å²) in [7, 11) is 0. The van der Waals surface area contributed by atoms with Crippen LogP contribution in [0.5, 0.6) is 0 Å². The zero-order valence-corrected chi connectivity index (χ0v) is 10.9. The molecule has 1 aromatic heterocycles. The number of hydrogen-bond donors (Lipinski definition) is 0. The fraction of sp³-hybridized carbons (Fsp3) is 0.556. The third-order valence-corrected chi connectivity index (χ3v) is 3.81. The summed E-state index contributed by atoms with van der Waals surface area (Å²) in [5, 5.41) is 7.63. The average molecular weight is 260 g/mol. The number of ether oxygens (including phenoxy) is 1. The van der Waals surface area contributed by atoms with E-state index in [0.717, 1.165) is 16.8 Å². The highest BCUT2D eigenvalue weighted by Crippen LogP contribution is 2.27. The van der Waals surface area contributed by atoms with Gasteiger partial charge in [0.15, 0.2) is 15.4 Å². The Morgan fingerprint density at radius 1 is 1.50 bits per heavy atom. The van der Waals surface area contributed by atoms with Crippen molar-refractivity contribution in [1.82, 2.24) is 10.2 Å². The van der Waals surface area contributed by atoms with Crippen molar-refractivity contribution in [3.63, 3.8) is 0 Å². The zero-order valence-electron chi connectivity index (χ0n) is 9.22. The summed E-state index contributed by atoms with van der Waals surface area (Å²) < 4.78 is 5.42. The number of ketones is 1. The van der Waals surface area contributed by atoms with Crippen LogP contribution in [0.2, 0.25) is 0 Å². The van der Waals surface area contributed by atoms with Crippen molar-refractivity contribution < 1.29 is 14.3 Å². The number of esters is 1. The number of aryl methyl sites for hydroxylation is 1. The normalized spacial score (nSPS) is 12.2. The molecule has 5 nitrogen and oxygen atoms in total. The van der Waals surface area contributed by atoms with Crippen LogP contribution in [0.25, 0.3) is 0 Å². The molecule has 0 aliphatic heterocycles. The summed E-state index contributed by atoms with van der Waals surface area (Å²) in [4.78, 5) is 22.8. The highest BCUT2D eigenvalue weighted by Gasteiger charge is 2.27. The van der Waals surface area contributed by atoms with Gasteiger partial charge >= 0.3 is 5.97 Å². The van der Waals surface area contributed by atoms with Crippen LogP contribution in [-0.2, 0) is 14.3 Å². The van der Waals surface area contributed by atoms with Gasteiger partial charge in [-0.05, 0) is 20.8 Å². The number of aromatic nitrogens is 2. The van der Waals surface area contributed by atoms with Gasteiger partial charge in [0.2, 0.25) is 0 Å². The minimum absolute atomic E-state index is 0.240. The van der Waals surface area contributed by atoms with E-state index in [2.05, 4.69) is 10.2 Å². The standard InChI is InChI=1S/C9H12N2O3S2/c1-4-14-8(13)7(5(2)12)16-9-11-10-6(3)15-9/h7H,4H2,1-3H3. The van der Waals surface area contributed by atoms with Gasteiger partial charge in [-0.3, -0.25) is 9.59 Å². The largest absolute Gasteiger partial charge is 0.465 e. The third kappa shape index (κ3) is 3.57. The lowest BCUT2D eigenvalue weighted by molar-refractivity contribution is -0.144. The van der Waals surface area contributed by atoms with E-state index in [9.17, 15) is 9.59 Å². The first-order chi connectivity index (χ1) is 7.54. The maximum Gasteiger partial charge on any atom is 0.327 e. The molecular weight excluding hydrogens is 248 g/mol. The van der Waals surface area contributed by atoms with Crippen LogP contribution >= 0.6 is 23.1 Å². The molecule has 1 atom stereocenters. The van der Waals surface area contributed by atoms with Crippen molar-refractivity contribution >= 4 is 34.9 Å². The Labute approximate surface area is 102 Å². The molecule has 0 N–H and O–H groups in total. The second-order valence-electron chi connectivity index (χ2n) is 2.95. The average Bonchev–Trinajstić information content (AvgIpc) is 2.60. The highest BCUT2D eigenvalue weighted by atomic mass is 32.2. The molecule has 88 valence electrons. The van der Waals surface area contributed by atoms with Crippen LogP contribution in [0.4, 0.5) is 0 Å². The molecule has 1 heterocycles. The lowest BCUT2D eigenvalue weighted by Crippen LogP contribution is -2.27. The van der Waals surface area contributed by atoms with Crippen molar-refractivity contribution in [2.24, 2.45) is 0 Å². The molecular formula is C9H12N2O3S2. The summed E-state index contributed by atoms with van der Waals surface area (Å²) in [6.45, 7) is 5.14. The maximum absolute atomic E-state index is 11.5. The van der Waals surface area contributed by atoms with Crippen LogP contribution in [0.1, 0.15) is 18.9 Å². The topological polar surface area (TPSA) is 69.2 Å². The summed E-state index contributed by atoms with van der Waals surface area (Å²) in [5.41, 5.74) is 0. The summed E-state index contributed by atoms with van der Waals surface area (Å²) >= 11 is 2.44. The molecule has 1 unspecified atom stereocenters. The lowest BCUT2D eigenvalue weighted by atomic mass is 10.3. The van der Waals surface area contributed by atoms with Gasteiger partial charge in [-0.2, -0.15) is 0 Å². The van der Waals surface area contributed by atoms with E-state index in [4.69, 9.17) is 4.74 Å². The molecule has 7 heteroatoms. The predicted octanol–water partition coefficient (Wildman–Crippen LogP) is 1.46. The summed E-state index contributed by atoms with van der Waals surface area (Å²) in [6.07, 6.45) is 0. The van der Waals surface area contributed by atoms with Crippen LogP contribution in [0.15, 0.2) is 4.34 Å². The van der Waals surface area contributed by atoms with Crippen molar-refractivity contribution in [3.8, 4) is 0 Å². The van der Waals surface area contributed by atoms with Gasteiger partial charge in [0, 0.05) is 0 Å². The quantitative estimate of drug-likeness (QED) is 0.453. The van der Waals surface area contributed by atoms with Crippen LogP contribution in [0, 0.1) is 6.92 Å². The number of Topliss-reactive ketones (excluding diaryl/α,β-unsaturated/α-hetero) is 1. The number of nitrogens with zero attached hydrogens (tertiary/aromatic N) is 2. The molecule has 0 saturated heterocycles. The second kappa shape index (κ2) is 5.95. The number of hydrogen-bond acceptors (Lipinski definition) is 7. The Morgan fingerprint density at radius 3 is 2.62 bits per heavy atom. The molecule has 1 rings (SSSR count). The molecule has 0 aliphatic rings. The monoisotopic (exact) mass is 260 g/mol. The van der Waals surface area contributed by atoms with E-state index in [1.807, 2.05) is 6.92 Å². The molecule has 0 bridgehead atoms. The van der Waals surface area contributed by atoms with Gasteiger partial charge in [-0.1, -0.05) is 23.1 Å². The van der Waals surface area contributed by atoms with Crippen molar-refractivity contribution in [1.29, 1.82) is 0 Å². The SMILES string of the molecule is CCOC(=O)C(Sc1nnc(C)s1)C(C)=O. The molecule has 0 aliphatic carbocycles. The van der Waals surface area contributed by atoms with Crippen LogP contribution < -0.4 is 0 Å². The summed E-state index contributed by atoms with van der Waals surface area (Å²) in [6, 6.07) is 0. The Balaban J connectivity index is 2.72. The molecule has 16 heavy (non-hydrogen) atoms. The molecule has 0 fully saturated rings. The summed E-state index contributed by atoms with van der Waals surface area (Å²) in [5.74, 6) is -0.760. The Hall–Kier alpha value is -0.950. The molecule has 0 saturated carbocycles. The number of thioether (sulfide) groups is 1. The zero-order chi connectivity index (χ0) is 12.1. The van der Waals surface area contributed by atoms with Gasteiger partial charge < -0.3 is 4.74 Å². The van der Waals surface area contributed by atoms with E-state index in [1.165, 1.54) is 18.3 Å². The van der Waals surface area contributed by atoms with E-state index in [0.29, 0.717) is 4.34 Å². The maximum atomic E-state index is 11.5. The van der Waals surface area contributed by atoms with Gasteiger partial charge in [-0.15, -0.1) is 10.2 Å². The Morgan fingerprint density at radius 2 is 2.19 bits per heavy atom. The first kappa shape index (κ1) is 13.1. The Kier molecular flexibility index (Phi) is 4.88. The minimum atomic E-state index is -0.840. The van der Waals surface area contributed by atoms with Crippen LogP contribution in [0.3, 0.4) is 0 Å². The predicted molar refractivity (Wildman–Crippen MR) is 61.6 cm³/mol. The first-order valence-electron chi connectivity index (χ1n) is 4.68. The molecule has 0 radical (unpaired) electrons. The van der Waals surface area contributed by atoms with Crippen molar-refractivity contribution in [2.45, 2.75) is 30.4 Å². The second-order valence-corrected chi connectivity index (χ2v) is 5.48. The van der Waals surface area contributed by atoms with Crippen molar-refractivity contribution in [3.05, 3.63) is 5.01 Å². The van der Waals surface area contributed by atoms with Gasteiger partial charge in [0.25, 0.3) is 0 Å². The van der Waals surface area contributed by atoms with E-state index in [1.54, 1.807) is 6.92 Å². The van der Waals surface area contributed by atoms with Gasteiger partial charge in [-0.25, -0.2) is 0 Å². The lowest BCUT2D eigenvalue weighted by Gasteiger charge is -2.09. The van der Waals surface area contributed by atoms with E-state index < -0.39 is 11.2 Å². The van der Waals surface area contributed by atoms with E-state index >= 15 is 0 Å². The fourth-order valence-corrected chi connectivity index (χ4v) is 2.82. The molecule has 0 aromatic carbocycles. The molecule has 0 amide bonds. The molecule has 1 aromatic rings. The number of rotatable bonds is 5. The molecule has 0 spiro atoms. The van der Waals surface area contributed by atoms with Gasteiger partial charge in [0.1, 0.15) is 5.01 Å². The van der Waals surface area contributed by atoms with Crippen molar-refractivity contribution in [2.75, 3.05) is 6.61 Å². The number of carbonyl (C=O) groups is 2. The first-order valence-corrected chi connectivity index (χ1v) is 6.38. The van der Waals surface area contributed by atoms with E-state index in [-0.39, 0.29) is 12.4 Å². The van der Waals surface area contributed by atoms with Gasteiger partial charge in [0.05, 0.1) is 6.61 Å². The third-order valence-electron chi connectivity index (χ3n) is 1.60. The van der Waals surface area contributed by atoms with Crippen LogP contribution in [-0.4, -0.2) is 33.8 Å². The smallest absolute Gasteiger partial charge is 0.327 e. The Bertz CT molecular complexity index is 392.